The predicted octanol–water partition coefficient (Wildman–Crippen LogP) is 3.15. The maximum atomic E-state index is 11.9. The van der Waals surface area contributed by atoms with E-state index in [1.165, 1.54) is 6.42 Å². The molecule has 0 spiro atoms. The van der Waals surface area contributed by atoms with Crippen LogP contribution in [0.25, 0.3) is 0 Å². The molecule has 1 aliphatic heterocycles. The molecule has 1 unspecified atom stereocenters. The van der Waals surface area contributed by atoms with Crippen molar-refractivity contribution in [3.63, 3.8) is 0 Å². The minimum Gasteiger partial charge on any atom is -0.493 e. The van der Waals surface area contributed by atoms with Gasteiger partial charge in [-0.3, -0.25) is 4.79 Å². The Morgan fingerprint density at radius 3 is 2.96 bits per heavy atom. The van der Waals surface area contributed by atoms with Gasteiger partial charge in [-0.15, -0.1) is 12.4 Å². The van der Waals surface area contributed by atoms with E-state index in [0.717, 1.165) is 30.8 Å². The first-order valence-corrected chi connectivity index (χ1v) is 8.32. The first-order chi connectivity index (χ1) is 10.6. The quantitative estimate of drug-likeness (QED) is 0.764. The number of halogens is 1. The molecule has 0 saturated carbocycles. The molecular weight excluding hydrogens is 312 g/mol. The summed E-state index contributed by atoms with van der Waals surface area (Å²) in [6.45, 7) is 7.69. The van der Waals surface area contributed by atoms with Crippen LogP contribution in [0.2, 0.25) is 0 Å². The Morgan fingerprint density at radius 1 is 1.43 bits per heavy atom. The third-order valence-electron chi connectivity index (χ3n) is 3.91. The molecule has 4 nitrogen and oxygen atoms in total. The van der Waals surface area contributed by atoms with E-state index >= 15 is 0 Å². The van der Waals surface area contributed by atoms with E-state index in [4.69, 9.17) is 4.74 Å². The van der Waals surface area contributed by atoms with E-state index in [9.17, 15) is 4.79 Å². The van der Waals surface area contributed by atoms with Gasteiger partial charge in [-0.05, 0) is 55.5 Å². The van der Waals surface area contributed by atoms with Gasteiger partial charge in [0.25, 0.3) is 0 Å². The van der Waals surface area contributed by atoms with Gasteiger partial charge in [0.1, 0.15) is 5.75 Å². The summed E-state index contributed by atoms with van der Waals surface area (Å²) >= 11 is 0. The van der Waals surface area contributed by atoms with Crippen LogP contribution >= 0.6 is 12.4 Å². The summed E-state index contributed by atoms with van der Waals surface area (Å²) in [6, 6.07) is 7.95. The van der Waals surface area contributed by atoms with Crippen molar-refractivity contribution in [2.24, 2.45) is 11.8 Å². The molecule has 0 bridgehead atoms. The Balaban J connectivity index is 0.00000264. The van der Waals surface area contributed by atoms with Crippen molar-refractivity contribution in [1.29, 1.82) is 0 Å². The molecule has 2 rings (SSSR count). The van der Waals surface area contributed by atoms with Gasteiger partial charge in [0, 0.05) is 13.0 Å². The second kappa shape index (κ2) is 10.5. The first-order valence-electron chi connectivity index (χ1n) is 8.32. The van der Waals surface area contributed by atoms with Crippen molar-refractivity contribution >= 4 is 18.3 Å². The van der Waals surface area contributed by atoms with Gasteiger partial charge >= 0.3 is 0 Å². The van der Waals surface area contributed by atoms with E-state index < -0.39 is 0 Å². The summed E-state index contributed by atoms with van der Waals surface area (Å²) in [6.07, 6.45) is 2.80. The molecule has 1 fully saturated rings. The molecule has 1 aromatic rings. The molecule has 130 valence electrons. The Morgan fingerprint density at radius 2 is 2.26 bits per heavy atom. The molecule has 1 atom stereocenters. The Kier molecular flexibility index (Phi) is 9.03. The highest BCUT2D eigenvalue weighted by molar-refractivity contribution is 5.85. The lowest BCUT2D eigenvalue weighted by atomic mass is 10.0. The Bertz CT molecular complexity index is 474. The smallest absolute Gasteiger partial charge is 0.220 e. The highest BCUT2D eigenvalue weighted by Gasteiger charge is 2.15. The van der Waals surface area contributed by atoms with Gasteiger partial charge in [0.05, 0.1) is 6.61 Å². The second-order valence-corrected chi connectivity index (χ2v) is 6.53. The van der Waals surface area contributed by atoms with Crippen molar-refractivity contribution in [2.45, 2.75) is 39.7 Å². The first kappa shape index (κ1) is 19.8. The minimum absolute atomic E-state index is 0. The number of carbonyl (C=O) groups excluding carboxylic acids is 1. The summed E-state index contributed by atoms with van der Waals surface area (Å²) < 4.78 is 5.71. The summed E-state index contributed by atoms with van der Waals surface area (Å²) in [5.74, 6) is 2.19. The third-order valence-corrected chi connectivity index (χ3v) is 3.91. The van der Waals surface area contributed by atoms with Gasteiger partial charge in [0.2, 0.25) is 5.91 Å². The molecule has 1 aliphatic rings. The lowest BCUT2D eigenvalue weighted by Crippen LogP contribution is -2.23. The molecule has 1 amide bonds. The van der Waals surface area contributed by atoms with Crippen LogP contribution in [0.1, 0.15) is 38.7 Å². The summed E-state index contributed by atoms with van der Waals surface area (Å²) in [7, 11) is 0. The van der Waals surface area contributed by atoms with Crippen molar-refractivity contribution in [1.82, 2.24) is 10.6 Å². The highest BCUT2D eigenvalue weighted by atomic mass is 35.5. The summed E-state index contributed by atoms with van der Waals surface area (Å²) in [5, 5.41) is 6.33. The maximum absolute atomic E-state index is 11.9. The Hall–Kier alpha value is -1.26. The highest BCUT2D eigenvalue weighted by Crippen LogP contribution is 2.15. The van der Waals surface area contributed by atoms with Gasteiger partial charge in [-0.2, -0.15) is 0 Å². The largest absolute Gasteiger partial charge is 0.493 e. The topological polar surface area (TPSA) is 50.4 Å². The number of benzene rings is 1. The van der Waals surface area contributed by atoms with E-state index in [1.54, 1.807) is 0 Å². The number of hydrogen-bond acceptors (Lipinski definition) is 3. The summed E-state index contributed by atoms with van der Waals surface area (Å²) in [4.78, 5) is 11.9. The van der Waals surface area contributed by atoms with Crippen molar-refractivity contribution < 1.29 is 9.53 Å². The van der Waals surface area contributed by atoms with E-state index in [-0.39, 0.29) is 18.3 Å². The van der Waals surface area contributed by atoms with Crippen molar-refractivity contribution in [2.75, 3.05) is 19.7 Å². The molecule has 23 heavy (non-hydrogen) atoms. The fraction of sp³-hybridized carbons (Fsp3) is 0.611. The standard InChI is InChI=1S/C18H28N2O2.ClH/c1-14(2)13-22-17-5-3-4-16(10-17)12-20-18(21)7-6-15-8-9-19-11-15;/h3-5,10,14-15,19H,6-9,11-13H2,1-2H3,(H,20,21);1H. The van der Waals surface area contributed by atoms with Crippen LogP contribution in [0.5, 0.6) is 5.75 Å². The molecule has 0 aromatic heterocycles. The normalized spacial score (nSPS) is 16.9. The van der Waals surface area contributed by atoms with Crippen LogP contribution in [0, 0.1) is 11.8 Å². The van der Waals surface area contributed by atoms with E-state index in [0.29, 0.717) is 31.4 Å². The zero-order chi connectivity index (χ0) is 15.8. The molecule has 0 radical (unpaired) electrons. The maximum Gasteiger partial charge on any atom is 0.220 e. The monoisotopic (exact) mass is 340 g/mol. The molecule has 1 heterocycles. The zero-order valence-corrected chi connectivity index (χ0v) is 15.0. The number of hydrogen-bond donors (Lipinski definition) is 2. The van der Waals surface area contributed by atoms with Crippen molar-refractivity contribution in [3.8, 4) is 5.75 Å². The molecular formula is C18H29ClN2O2. The predicted molar refractivity (Wildman–Crippen MR) is 96.1 cm³/mol. The van der Waals surface area contributed by atoms with Gasteiger partial charge < -0.3 is 15.4 Å². The van der Waals surface area contributed by atoms with Gasteiger partial charge in [0.15, 0.2) is 0 Å². The van der Waals surface area contributed by atoms with Crippen LogP contribution in [0.3, 0.4) is 0 Å². The Labute approximate surface area is 145 Å². The van der Waals surface area contributed by atoms with Crippen LogP contribution in [-0.2, 0) is 11.3 Å². The molecule has 1 saturated heterocycles. The summed E-state index contributed by atoms with van der Waals surface area (Å²) in [5.41, 5.74) is 1.08. The van der Waals surface area contributed by atoms with E-state index in [1.807, 2.05) is 24.3 Å². The number of amides is 1. The molecule has 5 heteroatoms. The zero-order valence-electron chi connectivity index (χ0n) is 14.1. The van der Waals surface area contributed by atoms with Crippen LogP contribution in [0.4, 0.5) is 0 Å². The number of rotatable bonds is 8. The lowest BCUT2D eigenvalue weighted by molar-refractivity contribution is -0.121. The second-order valence-electron chi connectivity index (χ2n) is 6.53. The minimum atomic E-state index is 0. The van der Waals surface area contributed by atoms with Gasteiger partial charge in [-0.1, -0.05) is 26.0 Å². The third kappa shape index (κ3) is 7.71. The fourth-order valence-electron chi connectivity index (χ4n) is 2.59. The fourth-order valence-corrected chi connectivity index (χ4v) is 2.59. The number of ether oxygens (including phenoxy) is 1. The van der Waals surface area contributed by atoms with Crippen LogP contribution < -0.4 is 15.4 Å². The van der Waals surface area contributed by atoms with Crippen molar-refractivity contribution in [3.05, 3.63) is 29.8 Å². The van der Waals surface area contributed by atoms with Gasteiger partial charge in [-0.25, -0.2) is 0 Å². The van der Waals surface area contributed by atoms with Crippen LogP contribution in [-0.4, -0.2) is 25.6 Å². The molecule has 0 aliphatic carbocycles. The molecule has 1 aromatic carbocycles. The number of nitrogens with one attached hydrogen (secondary N) is 2. The average Bonchev–Trinajstić information content (AvgIpc) is 3.03. The SMILES string of the molecule is CC(C)COc1cccc(CNC(=O)CCC2CCNC2)c1.Cl. The van der Waals surface area contributed by atoms with E-state index in [2.05, 4.69) is 24.5 Å². The average molecular weight is 341 g/mol. The molecule has 2 N–H and O–H groups in total. The number of carbonyl (C=O) groups is 1. The van der Waals surface area contributed by atoms with Crippen LogP contribution in [0.15, 0.2) is 24.3 Å². The lowest BCUT2D eigenvalue weighted by Gasteiger charge is -2.11.